The summed E-state index contributed by atoms with van der Waals surface area (Å²) in [6.07, 6.45) is 8.76. The van der Waals surface area contributed by atoms with Gasteiger partial charge in [-0.3, -0.25) is 4.90 Å². The molecule has 0 aliphatic carbocycles. The molecule has 1 aliphatic rings. The van der Waals surface area contributed by atoms with Crippen LogP contribution >= 0.6 is 0 Å². The SMILES string of the molecule is C/C=C\N(C)/C(=C\C)CN1CCc2c(CC)cccc2C1. The van der Waals surface area contributed by atoms with Crippen molar-refractivity contribution in [3.05, 3.63) is 58.9 Å². The Bertz CT molecular complexity index is 528. The fraction of sp³-hybridized carbons (Fsp3) is 0.474. The van der Waals surface area contributed by atoms with Crippen LogP contribution in [0.25, 0.3) is 0 Å². The van der Waals surface area contributed by atoms with E-state index in [0.29, 0.717) is 0 Å². The summed E-state index contributed by atoms with van der Waals surface area (Å²) >= 11 is 0. The number of allylic oxidation sites excluding steroid dienone is 2. The Morgan fingerprint density at radius 1 is 1.33 bits per heavy atom. The van der Waals surface area contributed by atoms with E-state index in [1.54, 1.807) is 5.56 Å². The van der Waals surface area contributed by atoms with E-state index in [9.17, 15) is 0 Å². The number of aryl methyl sites for hydroxylation is 1. The number of likely N-dealkylation sites (N-methyl/N-ethyl adjacent to an activating group) is 1. The minimum Gasteiger partial charge on any atom is -0.354 e. The molecule has 1 heterocycles. The van der Waals surface area contributed by atoms with Crippen LogP contribution in [-0.2, 0) is 19.4 Å². The molecule has 0 saturated carbocycles. The number of fused-ring (bicyclic) bond motifs is 1. The largest absolute Gasteiger partial charge is 0.354 e. The molecule has 0 N–H and O–H groups in total. The minimum atomic E-state index is 1.02. The predicted molar refractivity (Wildman–Crippen MR) is 91.1 cm³/mol. The zero-order chi connectivity index (χ0) is 15.2. The van der Waals surface area contributed by atoms with E-state index in [0.717, 1.165) is 26.1 Å². The molecular weight excluding hydrogens is 256 g/mol. The van der Waals surface area contributed by atoms with Gasteiger partial charge in [-0.1, -0.05) is 37.3 Å². The van der Waals surface area contributed by atoms with Gasteiger partial charge in [-0.15, -0.1) is 0 Å². The number of nitrogens with zero attached hydrogens (tertiary/aromatic N) is 2. The molecule has 0 radical (unpaired) electrons. The third kappa shape index (κ3) is 3.76. The molecule has 2 rings (SSSR count). The van der Waals surface area contributed by atoms with Gasteiger partial charge in [-0.25, -0.2) is 0 Å². The molecule has 0 spiro atoms. The smallest absolute Gasteiger partial charge is 0.0387 e. The van der Waals surface area contributed by atoms with Crippen LogP contribution in [0.3, 0.4) is 0 Å². The molecule has 1 aromatic carbocycles. The van der Waals surface area contributed by atoms with Gasteiger partial charge in [-0.2, -0.15) is 0 Å². The van der Waals surface area contributed by atoms with Crippen LogP contribution in [0, 0.1) is 0 Å². The van der Waals surface area contributed by atoms with E-state index in [4.69, 9.17) is 0 Å². The number of rotatable bonds is 5. The Morgan fingerprint density at radius 2 is 2.14 bits per heavy atom. The molecule has 21 heavy (non-hydrogen) atoms. The first-order valence-electron chi connectivity index (χ1n) is 8.02. The van der Waals surface area contributed by atoms with Crippen LogP contribution in [-0.4, -0.2) is 29.9 Å². The molecule has 0 saturated heterocycles. The van der Waals surface area contributed by atoms with Gasteiger partial charge in [0.15, 0.2) is 0 Å². The van der Waals surface area contributed by atoms with Crippen molar-refractivity contribution in [2.45, 2.75) is 40.2 Å². The van der Waals surface area contributed by atoms with Crippen molar-refractivity contribution >= 4 is 0 Å². The molecule has 0 aromatic heterocycles. The molecule has 0 unspecified atom stereocenters. The Labute approximate surface area is 129 Å². The third-order valence-electron chi connectivity index (χ3n) is 4.37. The van der Waals surface area contributed by atoms with Gasteiger partial charge in [0.05, 0.1) is 0 Å². The number of hydrogen-bond donors (Lipinski definition) is 0. The first kappa shape index (κ1) is 15.8. The van der Waals surface area contributed by atoms with Gasteiger partial charge in [-0.05, 0) is 49.6 Å². The first-order chi connectivity index (χ1) is 10.2. The Balaban J connectivity index is 2.08. The van der Waals surface area contributed by atoms with E-state index in [1.807, 2.05) is 0 Å². The second-order valence-corrected chi connectivity index (χ2v) is 5.74. The highest BCUT2D eigenvalue weighted by molar-refractivity contribution is 5.37. The average molecular weight is 284 g/mol. The Kier molecular flexibility index (Phi) is 5.63. The monoisotopic (exact) mass is 284 g/mol. The molecule has 0 atom stereocenters. The third-order valence-corrected chi connectivity index (χ3v) is 4.37. The summed E-state index contributed by atoms with van der Waals surface area (Å²) in [6.45, 7) is 9.70. The van der Waals surface area contributed by atoms with Crippen molar-refractivity contribution in [1.29, 1.82) is 0 Å². The summed E-state index contributed by atoms with van der Waals surface area (Å²) in [5.41, 5.74) is 6.01. The molecule has 1 aliphatic heterocycles. The zero-order valence-electron chi connectivity index (χ0n) is 13.9. The van der Waals surface area contributed by atoms with Crippen molar-refractivity contribution in [3.63, 3.8) is 0 Å². The summed E-state index contributed by atoms with van der Waals surface area (Å²) < 4.78 is 0. The van der Waals surface area contributed by atoms with Crippen LogP contribution < -0.4 is 0 Å². The number of hydrogen-bond acceptors (Lipinski definition) is 2. The van der Waals surface area contributed by atoms with Crippen molar-refractivity contribution in [2.24, 2.45) is 0 Å². The maximum absolute atomic E-state index is 2.55. The van der Waals surface area contributed by atoms with E-state index < -0.39 is 0 Å². The van der Waals surface area contributed by atoms with E-state index in [1.165, 1.54) is 23.2 Å². The second kappa shape index (κ2) is 7.46. The van der Waals surface area contributed by atoms with Crippen molar-refractivity contribution in [1.82, 2.24) is 9.80 Å². The van der Waals surface area contributed by atoms with Crippen LogP contribution in [0.1, 0.15) is 37.5 Å². The first-order valence-corrected chi connectivity index (χ1v) is 8.02. The van der Waals surface area contributed by atoms with Gasteiger partial charge >= 0.3 is 0 Å². The lowest BCUT2D eigenvalue weighted by Gasteiger charge is -2.32. The normalized spacial score (nSPS) is 16.3. The highest BCUT2D eigenvalue weighted by Gasteiger charge is 2.19. The molecular formula is C19H28N2. The van der Waals surface area contributed by atoms with Crippen LogP contribution in [0.5, 0.6) is 0 Å². The molecule has 2 heteroatoms. The maximum atomic E-state index is 2.55. The van der Waals surface area contributed by atoms with Crippen molar-refractivity contribution in [3.8, 4) is 0 Å². The van der Waals surface area contributed by atoms with Gasteiger partial charge in [0.1, 0.15) is 0 Å². The molecule has 1 aromatic rings. The van der Waals surface area contributed by atoms with Gasteiger partial charge < -0.3 is 4.90 Å². The highest BCUT2D eigenvalue weighted by atomic mass is 15.2. The van der Waals surface area contributed by atoms with Gasteiger partial charge in [0.2, 0.25) is 0 Å². The second-order valence-electron chi connectivity index (χ2n) is 5.74. The molecule has 114 valence electrons. The quantitative estimate of drug-likeness (QED) is 0.807. The van der Waals surface area contributed by atoms with Gasteiger partial charge in [0.25, 0.3) is 0 Å². The summed E-state index contributed by atoms with van der Waals surface area (Å²) in [6, 6.07) is 6.79. The van der Waals surface area contributed by atoms with E-state index in [-0.39, 0.29) is 0 Å². The lowest BCUT2D eigenvalue weighted by atomic mass is 9.93. The summed E-state index contributed by atoms with van der Waals surface area (Å²) in [5, 5.41) is 0. The van der Waals surface area contributed by atoms with E-state index >= 15 is 0 Å². The molecule has 0 amide bonds. The predicted octanol–water partition coefficient (Wildman–Crippen LogP) is 3.98. The molecule has 2 nitrogen and oxygen atoms in total. The fourth-order valence-electron chi connectivity index (χ4n) is 3.17. The maximum Gasteiger partial charge on any atom is 0.0387 e. The van der Waals surface area contributed by atoms with Crippen molar-refractivity contribution < 1.29 is 0 Å². The average Bonchev–Trinajstić information content (AvgIpc) is 2.51. The Morgan fingerprint density at radius 3 is 2.81 bits per heavy atom. The molecule has 0 fully saturated rings. The standard InChI is InChI=1S/C19H28N2/c1-5-12-20(4)18(7-3)15-21-13-11-19-16(6-2)9-8-10-17(19)14-21/h5,7-10,12H,6,11,13-15H2,1-4H3/b12-5-,18-7-. The van der Waals surface area contributed by atoms with Crippen LogP contribution in [0.15, 0.2) is 42.2 Å². The zero-order valence-corrected chi connectivity index (χ0v) is 13.9. The Hall–Kier alpha value is -1.54. The summed E-state index contributed by atoms with van der Waals surface area (Å²) in [4.78, 5) is 4.77. The lowest BCUT2D eigenvalue weighted by Crippen LogP contribution is -2.35. The van der Waals surface area contributed by atoms with Crippen LogP contribution in [0.4, 0.5) is 0 Å². The summed E-state index contributed by atoms with van der Waals surface area (Å²) in [5.74, 6) is 0. The van der Waals surface area contributed by atoms with E-state index in [2.05, 4.69) is 74.2 Å². The lowest BCUT2D eigenvalue weighted by molar-refractivity contribution is 0.258. The van der Waals surface area contributed by atoms with Crippen LogP contribution in [0.2, 0.25) is 0 Å². The molecule has 0 bridgehead atoms. The fourth-order valence-corrected chi connectivity index (χ4v) is 3.17. The van der Waals surface area contributed by atoms with Gasteiger partial charge in [0, 0.05) is 32.4 Å². The summed E-state index contributed by atoms with van der Waals surface area (Å²) in [7, 11) is 2.13. The van der Waals surface area contributed by atoms with Crippen molar-refractivity contribution in [2.75, 3.05) is 20.1 Å². The topological polar surface area (TPSA) is 6.48 Å². The minimum absolute atomic E-state index is 1.02. The number of benzene rings is 1. The highest BCUT2D eigenvalue weighted by Crippen LogP contribution is 2.23.